The van der Waals surface area contributed by atoms with E-state index in [0.717, 1.165) is 42.4 Å². The molecule has 6 nitrogen and oxygen atoms in total. The number of nitrogens with one attached hydrogen (secondary N) is 1. The fourth-order valence-electron chi connectivity index (χ4n) is 4.27. The largest absolute Gasteiger partial charge is 0.460 e. The Hall–Kier alpha value is -3.19. The lowest BCUT2D eigenvalue weighted by Crippen LogP contribution is -2.40. The molecule has 174 valence electrons. The number of piperidine rings is 1. The maximum Gasteiger partial charge on any atom is 0.374 e. The van der Waals surface area contributed by atoms with E-state index in [2.05, 4.69) is 10.2 Å². The van der Waals surface area contributed by atoms with Crippen molar-refractivity contribution in [3.63, 3.8) is 0 Å². The minimum atomic E-state index is -0.453. The van der Waals surface area contributed by atoms with Gasteiger partial charge in [-0.2, -0.15) is 0 Å². The highest BCUT2D eigenvalue weighted by Crippen LogP contribution is 2.29. The van der Waals surface area contributed by atoms with Crippen molar-refractivity contribution >= 4 is 22.8 Å². The Kier molecular flexibility index (Phi) is 7.08. The van der Waals surface area contributed by atoms with Crippen LogP contribution in [0.25, 0.3) is 11.0 Å². The van der Waals surface area contributed by atoms with E-state index < -0.39 is 5.97 Å². The van der Waals surface area contributed by atoms with Crippen molar-refractivity contribution < 1.29 is 23.1 Å². The third-order valence-electron chi connectivity index (χ3n) is 6.20. The van der Waals surface area contributed by atoms with Gasteiger partial charge in [0, 0.05) is 30.0 Å². The summed E-state index contributed by atoms with van der Waals surface area (Å²) < 4.78 is 24.7. The molecule has 1 fully saturated rings. The molecule has 2 aromatic carbocycles. The summed E-state index contributed by atoms with van der Waals surface area (Å²) in [4.78, 5) is 27.3. The van der Waals surface area contributed by atoms with Gasteiger partial charge in [-0.3, -0.25) is 9.69 Å². The van der Waals surface area contributed by atoms with Crippen LogP contribution in [0.5, 0.6) is 0 Å². The molecular weight excluding hydrogens is 423 g/mol. The molecule has 0 saturated carbocycles. The number of rotatable bonds is 7. The Morgan fingerprint density at radius 3 is 2.67 bits per heavy atom. The van der Waals surface area contributed by atoms with Gasteiger partial charge in [0.15, 0.2) is 0 Å². The summed E-state index contributed by atoms with van der Waals surface area (Å²) in [5.74, 6) is -0.545. The molecule has 1 aromatic heterocycles. The van der Waals surface area contributed by atoms with Crippen LogP contribution in [-0.2, 0) is 22.6 Å². The molecular formula is C26H29FN2O4. The molecule has 0 bridgehead atoms. The number of likely N-dealkylation sites (tertiary alicyclic amines) is 1. The Balaban J connectivity index is 1.36. The molecule has 0 unspecified atom stereocenters. The van der Waals surface area contributed by atoms with Crippen molar-refractivity contribution in [2.24, 2.45) is 5.92 Å². The fourth-order valence-corrected chi connectivity index (χ4v) is 4.27. The van der Waals surface area contributed by atoms with E-state index in [1.165, 1.54) is 6.07 Å². The van der Waals surface area contributed by atoms with Crippen molar-refractivity contribution in [2.45, 2.75) is 39.8 Å². The first-order valence-corrected chi connectivity index (χ1v) is 11.4. The van der Waals surface area contributed by atoms with E-state index in [1.54, 1.807) is 19.9 Å². The predicted molar refractivity (Wildman–Crippen MR) is 123 cm³/mol. The molecule has 1 saturated heterocycles. The molecule has 33 heavy (non-hydrogen) atoms. The molecule has 0 radical (unpaired) electrons. The standard InChI is InChI=1S/C26H29FN2O4/c1-3-32-26(31)24-21(20-6-4-5-7-23(20)33-24)16-29-12-10-19(11-13-29)25(30)28-15-18-9-8-17(2)22(27)14-18/h4-9,14,19H,3,10-13,15-16H2,1-2H3,(H,28,30). The number of para-hydroxylation sites is 1. The predicted octanol–water partition coefficient (Wildman–Crippen LogP) is 4.59. The van der Waals surface area contributed by atoms with Crippen molar-refractivity contribution in [1.82, 2.24) is 10.2 Å². The van der Waals surface area contributed by atoms with Crippen molar-refractivity contribution in [2.75, 3.05) is 19.7 Å². The van der Waals surface area contributed by atoms with Crippen molar-refractivity contribution in [3.8, 4) is 0 Å². The van der Waals surface area contributed by atoms with Crippen molar-refractivity contribution in [3.05, 3.63) is 70.7 Å². The van der Waals surface area contributed by atoms with E-state index in [9.17, 15) is 14.0 Å². The molecule has 2 heterocycles. The third kappa shape index (κ3) is 5.25. The number of carbonyl (C=O) groups excluding carboxylic acids is 2. The van der Waals surface area contributed by atoms with Crippen LogP contribution < -0.4 is 5.32 Å². The summed E-state index contributed by atoms with van der Waals surface area (Å²) >= 11 is 0. The highest BCUT2D eigenvalue weighted by molar-refractivity contribution is 5.96. The average Bonchev–Trinajstić information content (AvgIpc) is 3.19. The van der Waals surface area contributed by atoms with Crippen LogP contribution in [-0.4, -0.2) is 36.5 Å². The van der Waals surface area contributed by atoms with E-state index in [0.29, 0.717) is 24.2 Å². The lowest BCUT2D eigenvalue weighted by atomic mass is 9.95. The van der Waals surface area contributed by atoms with E-state index in [-0.39, 0.29) is 30.0 Å². The number of ether oxygens (including phenoxy) is 1. The molecule has 4 rings (SSSR count). The summed E-state index contributed by atoms with van der Waals surface area (Å²) in [5, 5.41) is 3.85. The minimum absolute atomic E-state index is 0.00314. The molecule has 0 atom stereocenters. The van der Waals surface area contributed by atoms with Crippen LogP contribution >= 0.6 is 0 Å². The Morgan fingerprint density at radius 1 is 1.18 bits per heavy atom. The smallest absolute Gasteiger partial charge is 0.374 e. The second-order valence-electron chi connectivity index (χ2n) is 8.48. The average molecular weight is 453 g/mol. The molecule has 0 aliphatic carbocycles. The van der Waals surface area contributed by atoms with Gasteiger partial charge in [-0.25, -0.2) is 9.18 Å². The van der Waals surface area contributed by atoms with Gasteiger partial charge < -0.3 is 14.5 Å². The van der Waals surface area contributed by atoms with E-state index >= 15 is 0 Å². The maximum absolute atomic E-state index is 13.7. The monoisotopic (exact) mass is 452 g/mol. The highest BCUT2D eigenvalue weighted by atomic mass is 19.1. The highest BCUT2D eigenvalue weighted by Gasteiger charge is 2.28. The van der Waals surface area contributed by atoms with Gasteiger partial charge in [0.05, 0.1) is 6.61 Å². The van der Waals surface area contributed by atoms with Gasteiger partial charge in [0.2, 0.25) is 11.7 Å². The fraction of sp³-hybridized carbons (Fsp3) is 0.385. The summed E-state index contributed by atoms with van der Waals surface area (Å²) in [5.41, 5.74) is 2.84. The van der Waals surface area contributed by atoms with E-state index in [1.807, 2.05) is 30.3 Å². The molecule has 1 aliphatic rings. The summed E-state index contributed by atoms with van der Waals surface area (Å²) in [6, 6.07) is 12.6. The third-order valence-corrected chi connectivity index (χ3v) is 6.20. The van der Waals surface area contributed by atoms with Gasteiger partial charge in [-0.1, -0.05) is 30.3 Å². The van der Waals surface area contributed by atoms with Crippen LogP contribution in [0.15, 0.2) is 46.9 Å². The normalized spacial score (nSPS) is 15.0. The molecule has 3 aromatic rings. The first-order valence-electron chi connectivity index (χ1n) is 11.4. The van der Waals surface area contributed by atoms with Gasteiger partial charge in [-0.15, -0.1) is 0 Å². The lowest BCUT2D eigenvalue weighted by Gasteiger charge is -2.31. The van der Waals surface area contributed by atoms with Gasteiger partial charge in [-0.05, 0) is 63.0 Å². The second-order valence-corrected chi connectivity index (χ2v) is 8.48. The van der Waals surface area contributed by atoms with Gasteiger partial charge >= 0.3 is 5.97 Å². The number of furan rings is 1. The first-order chi connectivity index (χ1) is 16.0. The number of hydrogen-bond donors (Lipinski definition) is 1. The van der Waals surface area contributed by atoms with Crippen LogP contribution in [0.1, 0.15) is 47.0 Å². The Morgan fingerprint density at radius 2 is 1.94 bits per heavy atom. The number of benzene rings is 2. The summed E-state index contributed by atoms with van der Waals surface area (Å²) in [7, 11) is 0. The van der Waals surface area contributed by atoms with Gasteiger partial charge in [0.25, 0.3) is 0 Å². The zero-order valence-corrected chi connectivity index (χ0v) is 19.0. The molecule has 1 N–H and O–H groups in total. The lowest BCUT2D eigenvalue weighted by molar-refractivity contribution is -0.126. The SMILES string of the molecule is CCOC(=O)c1oc2ccccc2c1CN1CCC(C(=O)NCc2ccc(C)c(F)c2)CC1. The molecule has 1 aliphatic heterocycles. The second kappa shape index (κ2) is 10.2. The number of fused-ring (bicyclic) bond motifs is 1. The number of esters is 1. The van der Waals surface area contributed by atoms with E-state index in [4.69, 9.17) is 9.15 Å². The number of carbonyl (C=O) groups is 2. The maximum atomic E-state index is 13.7. The van der Waals surface area contributed by atoms with Crippen molar-refractivity contribution in [1.29, 1.82) is 0 Å². The van der Waals surface area contributed by atoms with Crippen LogP contribution in [0.3, 0.4) is 0 Å². The topological polar surface area (TPSA) is 71.8 Å². The summed E-state index contributed by atoms with van der Waals surface area (Å²) in [6.07, 6.45) is 1.44. The zero-order chi connectivity index (χ0) is 23.4. The number of hydrogen-bond acceptors (Lipinski definition) is 5. The number of amides is 1. The van der Waals surface area contributed by atoms with Crippen LogP contribution in [0.4, 0.5) is 4.39 Å². The van der Waals surface area contributed by atoms with Crippen LogP contribution in [0.2, 0.25) is 0 Å². The van der Waals surface area contributed by atoms with Crippen LogP contribution in [0, 0.1) is 18.7 Å². The zero-order valence-electron chi connectivity index (χ0n) is 19.0. The minimum Gasteiger partial charge on any atom is -0.460 e. The molecule has 1 amide bonds. The number of aryl methyl sites for hydroxylation is 1. The molecule has 7 heteroatoms. The quantitative estimate of drug-likeness (QED) is 0.531. The first kappa shape index (κ1) is 23.0. The number of nitrogens with zero attached hydrogens (tertiary/aromatic N) is 1. The van der Waals surface area contributed by atoms with Gasteiger partial charge in [0.1, 0.15) is 11.4 Å². The number of halogens is 1. The Labute approximate surface area is 192 Å². The molecule has 0 spiro atoms. The summed E-state index contributed by atoms with van der Waals surface area (Å²) in [6.45, 7) is 6.12. The Bertz CT molecular complexity index is 1150.